The quantitative estimate of drug-likeness (QED) is 0.513. The standard InChI is InChI=1S/C8H7N5S/c1-2-3-4-10-6(9)5-7(11-4)13-8(14)12-5/h2H,1,3H2,(H2,9,10,11,13,14). The van der Waals surface area contributed by atoms with Gasteiger partial charge in [-0.1, -0.05) is 6.08 Å². The van der Waals surface area contributed by atoms with E-state index in [1.807, 2.05) is 0 Å². The number of anilines is 1. The van der Waals surface area contributed by atoms with E-state index >= 15 is 0 Å². The van der Waals surface area contributed by atoms with Gasteiger partial charge in [0, 0.05) is 6.42 Å². The molecule has 0 fully saturated rings. The third-order valence-corrected chi connectivity index (χ3v) is 1.86. The van der Waals surface area contributed by atoms with Crippen molar-refractivity contribution >= 4 is 23.1 Å². The lowest BCUT2D eigenvalue weighted by Gasteiger charge is -1.95. The Morgan fingerprint density at radius 1 is 1.36 bits per heavy atom. The molecule has 0 aliphatic carbocycles. The number of hydrogen-bond donors (Lipinski definition) is 1. The number of thiocarbonyl (C=S) groups is 1. The minimum atomic E-state index is 0.247. The zero-order valence-electron chi connectivity index (χ0n) is 7.27. The summed E-state index contributed by atoms with van der Waals surface area (Å²) in [6, 6.07) is 0. The van der Waals surface area contributed by atoms with Crippen molar-refractivity contribution in [2.75, 3.05) is 5.73 Å². The minimum absolute atomic E-state index is 0.247. The highest BCUT2D eigenvalue weighted by atomic mass is 32.1. The van der Waals surface area contributed by atoms with Crippen LogP contribution in [0, 0.1) is 0 Å². The van der Waals surface area contributed by atoms with Gasteiger partial charge in [0.15, 0.2) is 16.7 Å². The van der Waals surface area contributed by atoms with Gasteiger partial charge in [-0.25, -0.2) is 15.0 Å². The van der Waals surface area contributed by atoms with Crippen molar-refractivity contribution < 1.29 is 0 Å². The number of nitrogens with zero attached hydrogens (tertiary/aromatic N) is 4. The molecule has 14 heavy (non-hydrogen) atoms. The molecule has 0 unspecified atom stereocenters. The van der Waals surface area contributed by atoms with Crippen molar-refractivity contribution in [2.24, 2.45) is 9.98 Å². The summed E-state index contributed by atoms with van der Waals surface area (Å²) in [5, 5.41) is 0.722. The predicted octanol–water partition coefficient (Wildman–Crippen LogP) is -0.675. The maximum atomic E-state index is 5.67. The van der Waals surface area contributed by atoms with Crippen LogP contribution in [0.3, 0.4) is 0 Å². The lowest BCUT2D eigenvalue weighted by molar-refractivity contribution is 0.942. The van der Waals surface area contributed by atoms with Crippen LogP contribution in [-0.2, 0) is 6.42 Å². The molecule has 2 rings (SSSR count). The number of nitrogen functional groups attached to an aromatic ring is 1. The first kappa shape index (κ1) is 8.89. The predicted molar refractivity (Wildman–Crippen MR) is 55.3 cm³/mol. The first-order valence-electron chi connectivity index (χ1n) is 3.95. The summed E-state index contributed by atoms with van der Waals surface area (Å²) in [6.45, 7) is 3.59. The first-order valence-corrected chi connectivity index (χ1v) is 4.36. The molecular formula is C8H7N5S. The molecule has 2 heterocycles. The van der Waals surface area contributed by atoms with E-state index in [0.717, 1.165) is 0 Å². The Bertz CT molecular complexity index is 533. The summed E-state index contributed by atoms with van der Waals surface area (Å²) >= 11 is 4.81. The Morgan fingerprint density at radius 3 is 2.86 bits per heavy atom. The normalized spacial score (nSPS) is 13.0. The van der Waals surface area contributed by atoms with Gasteiger partial charge in [0.25, 0.3) is 0 Å². The Hall–Kier alpha value is -1.69. The lowest BCUT2D eigenvalue weighted by Crippen LogP contribution is -2.31. The summed E-state index contributed by atoms with van der Waals surface area (Å²) in [5.41, 5.74) is 6.12. The average molecular weight is 205 g/mol. The highest BCUT2D eigenvalue weighted by Crippen LogP contribution is 1.93. The molecule has 0 saturated carbocycles. The molecule has 1 aliphatic heterocycles. The molecule has 0 amide bonds. The molecule has 1 aromatic rings. The van der Waals surface area contributed by atoms with Crippen LogP contribution < -0.4 is 16.6 Å². The molecule has 0 radical (unpaired) electrons. The largest absolute Gasteiger partial charge is 0.382 e. The summed E-state index contributed by atoms with van der Waals surface area (Å²) in [6.07, 6.45) is 2.26. The van der Waals surface area contributed by atoms with Gasteiger partial charge >= 0.3 is 0 Å². The van der Waals surface area contributed by atoms with Crippen LogP contribution >= 0.6 is 12.2 Å². The number of nitrogens with two attached hydrogens (primary N) is 1. The summed E-state index contributed by atoms with van der Waals surface area (Å²) < 4.78 is 0. The van der Waals surface area contributed by atoms with Crippen LogP contribution in [0.5, 0.6) is 0 Å². The number of hydrogen-bond acceptors (Lipinski definition) is 4. The lowest BCUT2D eigenvalue weighted by atomic mass is 10.4. The summed E-state index contributed by atoms with van der Waals surface area (Å²) in [4.78, 5) is 16.1. The van der Waals surface area contributed by atoms with Crippen molar-refractivity contribution in [1.82, 2.24) is 9.97 Å². The second kappa shape index (κ2) is 3.22. The third-order valence-electron chi connectivity index (χ3n) is 1.67. The average Bonchev–Trinajstić information content (AvgIpc) is 2.47. The van der Waals surface area contributed by atoms with E-state index in [4.69, 9.17) is 18.0 Å². The van der Waals surface area contributed by atoms with Gasteiger partial charge in [0.1, 0.15) is 5.82 Å². The van der Waals surface area contributed by atoms with Crippen LogP contribution in [0.15, 0.2) is 22.6 Å². The smallest absolute Gasteiger partial charge is 0.222 e. The zero-order valence-corrected chi connectivity index (χ0v) is 8.08. The number of aromatic nitrogens is 2. The van der Waals surface area contributed by atoms with Crippen molar-refractivity contribution in [1.29, 1.82) is 0 Å². The summed E-state index contributed by atoms with van der Waals surface area (Å²) in [5.74, 6) is 0.898. The molecule has 1 aromatic heterocycles. The molecule has 0 bridgehead atoms. The second-order valence-electron chi connectivity index (χ2n) is 2.70. The van der Waals surface area contributed by atoms with E-state index in [9.17, 15) is 0 Å². The minimum Gasteiger partial charge on any atom is -0.382 e. The third kappa shape index (κ3) is 1.39. The second-order valence-corrected chi connectivity index (χ2v) is 3.06. The molecule has 6 heteroatoms. The van der Waals surface area contributed by atoms with Crippen LogP contribution in [0.25, 0.3) is 0 Å². The van der Waals surface area contributed by atoms with E-state index < -0.39 is 0 Å². The Balaban J connectivity index is 2.69. The van der Waals surface area contributed by atoms with Gasteiger partial charge in [-0.15, -0.1) is 6.58 Å². The topological polar surface area (TPSA) is 76.5 Å². The van der Waals surface area contributed by atoms with E-state index in [1.54, 1.807) is 6.08 Å². The van der Waals surface area contributed by atoms with Gasteiger partial charge < -0.3 is 5.73 Å². The van der Waals surface area contributed by atoms with Gasteiger partial charge in [0.2, 0.25) is 5.11 Å². The maximum absolute atomic E-state index is 5.67. The number of allylic oxidation sites excluding steroid dienone is 1. The van der Waals surface area contributed by atoms with Crippen LogP contribution in [0.1, 0.15) is 5.82 Å². The molecule has 0 spiro atoms. The Morgan fingerprint density at radius 2 is 2.14 bits per heavy atom. The van der Waals surface area contributed by atoms with Crippen molar-refractivity contribution in [3.05, 3.63) is 29.3 Å². The van der Waals surface area contributed by atoms with Crippen molar-refractivity contribution in [3.8, 4) is 0 Å². The molecule has 0 atom stereocenters. The van der Waals surface area contributed by atoms with Gasteiger partial charge in [-0.2, -0.15) is 4.99 Å². The fourth-order valence-corrected chi connectivity index (χ4v) is 1.30. The maximum Gasteiger partial charge on any atom is 0.222 e. The molecule has 0 saturated heterocycles. The zero-order chi connectivity index (χ0) is 10.1. The number of rotatable bonds is 2. The van der Waals surface area contributed by atoms with Crippen molar-refractivity contribution in [3.63, 3.8) is 0 Å². The highest BCUT2D eigenvalue weighted by Gasteiger charge is 2.08. The molecular weight excluding hydrogens is 198 g/mol. The van der Waals surface area contributed by atoms with Crippen molar-refractivity contribution in [2.45, 2.75) is 6.42 Å². The van der Waals surface area contributed by atoms with Gasteiger partial charge in [-0.05, 0) is 12.2 Å². The fraction of sp³-hybridized carbons (Fsp3) is 0.125. The van der Waals surface area contributed by atoms with Gasteiger partial charge in [-0.3, -0.25) is 0 Å². The first-order chi connectivity index (χ1) is 6.70. The SMILES string of the molecule is C=CCc1nc(N)c2c(n1)=NC(=S)N=2. The van der Waals surface area contributed by atoms with Crippen LogP contribution in [-0.4, -0.2) is 15.1 Å². The van der Waals surface area contributed by atoms with E-state index in [-0.39, 0.29) is 5.11 Å². The molecule has 1 aliphatic rings. The van der Waals surface area contributed by atoms with E-state index in [1.165, 1.54) is 0 Å². The molecule has 0 aromatic carbocycles. The molecule has 70 valence electrons. The molecule has 2 N–H and O–H groups in total. The van der Waals surface area contributed by atoms with E-state index in [0.29, 0.717) is 28.9 Å². The Kier molecular flexibility index (Phi) is 2.05. The highest BCUT2D eigenvalue weighted by molar-refractivity contribution is 7.80. The summed E-state index contributed by atoms with van der Waals surface area (Å²) in [7, 11) is 0. The van der Waals surface area contributed by atoms with Crippen LogP contribution in [0.4, 0.5) is 5.82 Å². The number of fused-ring (bicyclic) bond motifs is 1. The Labute approximate surface area is 85.1 Å². The fourth-order valence-electron chi connectivity index (χ4n) is 1.12. The van der Waals surface area contributed by atoms with Gasteiger partial charge in [0.05, 0.1) is 0 Å². The van der Waals surface area contributed by atoms with Crippen LogP contribution in [0.2, 0.25) is 0 Å². The molecule has 5 nitrogen and oxygen atoms in total. The monoisotopic (exact) mass is 205 g/mol. The van der Waals surface area contributed by atoms with E-state index in [2.05, 4.69) is 26.5 Å².